The van der Waals surface area contributed by atoms with Crippen LogP contribution in [0.5, 0.6) is 0 Å². The van der Waals surface area contributed by atoms with Crippen molar-refractivity contribution in [3.8, 4) is 0 Å². The molecule has 1 heteroatoms. The lowest BCUT2D eigenvalue weighted by molar-refractivity contribution is 0.948. The van der Waals surface area contributed by atoms with Gasteiger partial charge in [0.25, 0.3) is 0 Å². The first-order chi connectivity index (χ1) is 6.41. The number of hydrogen-bond acceptors (Lipinski definition) is 1. The molecule has 0 aromatic carbocycles. The van der Waals surface area contributed by atoms with E-state index in [9.17, 15) is 0 Å². The minimum Gasteiger partial charge on any atom is -0.162 e. The van der Waals surface area contributed by atoms with Crippen LogP contribution < -0.4 is 0 Å². The average molecular weight is 198 g/mol. The molecule has 0 aliphatic heterocycles. The van der Waals surface area contributed by atoms with Gasteiger partial charge in [-0.25, -0.2) is 0 Å². The van der Waals surface area contributed by atoms with Crippen molar-refractivity contribution in [3.05, 3.63) is 24.3 Å². The van der Waals surface area contributed by atoms with Gasteiger partial charge in [-0.15, -0.1) is 0 Å². The predicted molar refractivity (Wildman–Crippen MR) is 65.4 cm³/mol. The maximum absolute atomic E-state index is 2.25. The van der Waals surface area contributed by atoms with Crippen molar-refractivity contribution >= 4 is 11.8 Å². The minimum atomic E-state index is 1.25. The van der Waals surface area contributed by atoms with Gasteiger partial charge in [-0.05, 0) is 51.0 Å². The zero-order chi connectivity index (χ0) is 9.78. The van der Waals surface area contributed by atoms with Crippen LogP contribution >= 0.6 is 11.8 Å². The lowest BCUT2D eigenvalue weighted by atomic mass is 10.3. The van der Waals surface area contributed by atoms with E-state index in [4.69, 9.17) is 0 Å². The smallest absolute Gasteiger partial charge is 0.00646 e. The fourth-order valence-electron chi connectivity index (χ4n) is 1.04. The standard InChI is InChI=1S/C12H22S/c1-3-5-7-9-11-13-12-10-8-6-4-2/h3-6H,7-12H2,1-2H3/b5-3+,6-4+. The summed E-state index contributed by atoms with van der Waals surface area (Å²) in [5.41, 5.74) is 0. The van der Waals surface area contributed by atoms with Crippen LogP contribution in [0.3, 0.4) is 0 Å². The largest absolute Gasteiger partial charge is 0.162 e. The second-order valence-corrected chi connectivity index (χ2v) is 4.26. The van der Waals surface area contributed by atoms with E-state index in [0.29, 0.717) is 0 Å². The summed E-state index contributed by atoms with van der Waals surface area (Å²) in [6.07, 6.45) is 13.9. The van der Waals surface area contributed by atoms with Gasteiger partial charge in [0, 0.05) is 0 Å². The molecule has 0 aromatic heterocycles. The Morgan fingerprint density at radius 3 is 1.69 bits per heavy atom. The van der Waals surface area contributed by atoms with Crippen molar-refractivity contribution in [2.24, 2.45) is 0 Å². The molecule has 0 aliphatic carbocycles. The Balaban J connectivity index is 2.91. The topological polar surface area (TPSA) is 0 Å². The van der Waals surface area contributed by atoms with Crippen LogP contribution in [0.4, 0.5) is 0 Å². The molecule has 0 atom stereocenters. The lowest BCUT2D eigenvalue weighted by Crippen LogP contribution is -1.82. The van der Waals surface area contributed by atoms with E-state index in [-0.39, 0.29) is 0 Å². The fourth-order valence-corrected chi connectivity index (χ4v) is 1.99. The molecule has 13 heavy (non-hydrogen) atoms. The summed E-state index contributed by atoms with van der Waals surface area (Å²) < 4.78 is 0. The van der Waals surface area contributed by atoms with E-state index in [1.54, 1.807) is 0 Å². The van der Waals surface area contributed by atoms with Crippen LogP contribution in [0.15, 0.2) is 24.3 Å². The van der Waals surface area contributed by atoms with Gasteiger partial charge in [0.1, 0.15) is 0 Å². The van der Waals surface area contributed by atoms with Gasteiger partial charge in [-0.1, -0.05) is 24.3 Å². The third kappa shape index (κ3) is 11.8. The highest BCUT2D eigenvalue weighted by Crippen LogP contribution is 2.08. The zero-order valence-corrected chi connectivity index (χ0v) is 9.78. The summed E-state index contributed by atoms with van der Waals surface area (Å²) in [5, 5.41) is 0. The average Bonchev–Trinajstić information content (AvgIpc) is 2.16. The van der Waals surface area contributed by atoms with Gasteiger partial charge in [-0.3, -0.25) is 0 Å². The number of unbranched alkanes of at least 4 members (excludes halogenated alkanes) is 2. The van der Waals surface area contributed by atoms with Gasteiger partial charge in [0.15, 0.2) is 0 Å². The molecule has 0 fully saturated rings. The summed E-state index contributed by atoms with van der Waals surface area (Å²) in [6, 6.07) is 0. The molecule has 0 nitrogen and oxygen atoms in total. The van der Waals surface area contributed by atoms with Crippen molar-refractivity contribution in [3.63, 3.8) is 0 Å². The molecule has 0 aromatic rings. The molecule has 0 saturated carbocycles. The Bertz CT molecular complexity index is 120. The molecule has 0 radical (unpaired) electrons. The minimum absolute atomic E-state index is 1.25. The predicted octanol–water partition coefficient (Wildman–Crippen LogP) is 4.43. The van der Waals surface area contributed by atoms with Gasteiger partial charge < -0.3 is 0 Å². The first-order valence-electron chi connectivity index (χ1n) is 5.22. The first kappa shape index (κ1) is 12.8. The molecular weight excluding hydrogens is 176 g/mol. The Labute approximate surface area is 87.5 Å². The molecule has 0 bridgehead atoms. The maximum Gasteiger partial charge on any atom is -0.00646 e. The molecule has 0 saturated heterocycles. The molecule has 0 unspecified atom stereocenters. The molecule has 0 aliphatic rings. The van der Waals surface area contributed by atoms with Crippen LogP contribution in [0.2, 0.25) is 0 Å². The van der Waals surface area contributed by atoms with Gasteiger partial charge in [-0.2, -0.15) is 11.8 Å². The quantitative estimate of drug-likeness (QED) is 0.410. The number of hydrogen-bond donors (Lipinski definition) is 0. The van der Waals surface area contributed by atoms with E-state index >= 15 is 0 Å². The van der Waals surface area contributed by atoms with Crippen molar-refractivity contribution < 1.29 is 0 Å². The van der Waals surface area contributed by atoms with Gasteiger partial charge >= 0.3 is 0 Å². The molecule has 0 N–H and O–H groups in total. The summed E-state index contributed by atoms with van der Waals surface area (Å²) >= 11 is 2.09. The number of thioether (sulfide) groups is 1. The highest BCUT2D eigenvalue weighted by molar-refractivity contribution is 7.99. The van der Waals surface area contributed by atoms with Crippen molar-refractivity contribution in [1.82, 2.24) is 0 Å². The Morgan fingerprint density at radius 2 is 1.31 bits per heavy atom. The van der Waals surface area contributed by atoms with E-state index in [2.05, 4.69) is 49.9 Å². The highest BCUT2D eigenvalue weighted by Gasteiger charge is 1.87. The summed E-state index contributed by atoms with van der Waals surface area (Å²) in [4.78, 5) is 0. The Morgan fingerprint density at radius 1 is 0.846 bits per heavy atom. The lowest BCUT2D eigenvalue weighted by Gasteiger charge is -1.97. The van der Waals surface area contributed by atoms with Crippen molar-refractivity contribution in [2.45, 2.75) is 39.5 Å². The van der Waals surface area contributed by atoms with Crippen LogP contribution in [0, 0.1) is 0 Å². The third-order valence-corrected chi connectivity index (χ3v) is 2.95. The molecule has 0 rings (SSSR count). The van der Waals surface area contributed by atoms with Crippen LogP contribution in [-0.2, 0) is 0 Å². The van der Waals surface area contributed by atoms with E-state index in [1.165, 1.54) is 37.2 Å². The monoisotopic (exact) mass is 198 g/mol. The fraction of sp³-hybridized carbons (Fsp3) is 0.667. The number of allylic oxidation sites excluding steroid dienone is 4. The van der Waals surface area contributed by atoms with Crippen LogP contribution in [-0.4, -0.2) is 11.5 Å². The second-order valence-electron chi connectivity index (χ2n) is 3.03. The molecule has 0 heterocycles. The maximum atomic E-state index is 2.25. The second kappa shape index (κ2) is 11.8. The van der Waals surface area contributed by atoms with Gasteiger partial charge in [0.05, 0.1) is 0 Å². The molecule has 0 spiro atoms. The molecule has 76 valence electrons. The first-order valence-corrected chi connectivity index (χ1v) is 6.37. The molecular formula is C12H22S. The highest BCUT2D eigenvalue weighted by atomic mass is 32.2. The van der Waals surface area contributed by atoms with Crippen LogP contribution in [0.25, 0.3) is 0 Å². The van der Waals surface area contributed by atoms with E-state index in [1.807, 2.05) is 0 Å². The van der Waals surface area contributed by atoms with Crippen molar-refractivity contribution in [2.75, 3.05) is 11.5 Å². The van der Waals surface area contributed by atoms with E-state index < -0.39 is 0 Å². The summed E-state index contributed by atoms with van der Waals surface area (Å²) in [6.45, 7) is 4.18. The third-order valence-electron chi connectivity index (χ3n) is 1.79. The summed E-state index contributed by atoms with van der Waals surface area (Å²) in [5.74, 6) is 2.64. The SMILES string of the molecule is C/C=C/CCCSCCC/C=C/C. The van der Waals surface area contributed by atoms with Gasteiger partial charge in [0.2, 0.25) is 0 Å². The molecule has 0 amide bonds. The van der Waals surface area contributed by atoms with E-state index in [0.717, 1.165) is 0 Å². The normalized spacial score (nSPS) is 11.8. The Hall–Kier alpha value is -0.170. The van der Waals surface area contributed by atoms with Crippen LogP contribution in [0.1, 0.15) is 39.5 Å². The van der Waals surface area contributed by atoms with Crippen molar-refractivity contribution in [1.29, 1.82) is 0 Å². The zero-order valence-electron chi connectivity index (χ0n) is 8.96. The Kier molecular flexibility index (Phi) is 11.7. The summed E-state index contributed by atoms with van der Waals surface area (Å²) in [7, 11) is 0. The number of rotatable bonds is 8.